The van der Waals surface area contributed by atoms with Gasteiger partial charge in [0.1, 0.15) is 11.0 Å². The highest BCUT2D eigenvalue weighted by atomic mass is 35.5. The lowest BCUT2D eigenvalue weighted by Gasteiger charge is -2.13. The molecule has 0 amide bonds. The van der Waals surface area contributed by atoms with E-state index in [0.29, 0.717) is 5.82 Å². The molecule has 0 spiro atoms. The number of aliphatic hydroxyl groups excluding tert-OH is 1. The first-order chi connectivity index (χ1) is 6.56. The van der Waals surface area contributed by atoms with Gasteiger partial charge in [0.05, 0.1) is 13.2 Å². The number of halogens is 1. The summed E-state index contributed by atoms with van der Waals surface area (Å²) >= 11 is 5.68. The van der Waals surface area contributed by atoms with Crippen molar-refractivity contribution in [3.8, 4) is 0 Å². The van der Waals surface area contributed by atoms with E-state index >= 15 is 0 Å². The fraction of sp³-hybridized carbons (Fsp3) is 0.556. The van der Waals surface area contributed by atoms with Crippen LogP contribution in [0.1, 0.15) is 25.6 Å². The van der Waals surface area contributed by atoms with Crippen molar-refractivity contribution in [2.75, 3.05) is 6.61 Å². The van der Waals surface area contributed by atoms with Gasteiger partial charge in [-0.2, -0.15) is 0 Å². The first-order valence-electron chi connectivity index (χ1n) is 4.44. The maximum absolute atomic E-state index is 11.5. The zero-order valence-electron chi connectivity index (χ0n) is 8.20. The Bertz CT molecular complexity index is 374. The Morgan fingerprint density at radius 1 is 1.64 bits per heavy atom. The van der Waals surface area contributed by atoms with Gasteiger partial charge < -0.3 is 5.11 Å². The van der Waals surface area contributed by atoms with Crippen molar-refractivity contribution in [3.05, 3.63) is 27.4 Å². The summed E-state index contributed by atoms with van der Waals surface area (Å²) in [7, 11) is 0. The SMILES string of the molecule is CC(C)c1nc(Cl)cc(=O)n1CCO. The third-order valence-electron chi connectivity index (χ3n) is 1.85. The zero-order chi connectivity index (χ0) is 10.7. The smallest absolute Gasteiger partial charge is 0.255 e. The van der Waals surface area contributed by atoms with Gasteiger partial charge in [-0.1, -0.05) is 25.4 Å². The van der Waals surface area contributed by atoms with Crippen LogP contribution in [-0.4, -0.2) is 21.3 Å². The lowest BCUT2D eigenvalue weighted by atomic mass is 10.2. The van der Waals surface area contributed by atoms with E-state index in [-0.39, 0.29) is 29.8 Å². The van der Waals surface area contributed by atoms with Crippen LogP contribution in [0.3, 0.4) is 0 Å². The number of rotatable bonds is 3. The number of nitrogens with zero attached hydrogens (tertiary/aromatic N) is 2. The monoisotopic (exact) mass is 216 g/mol. The highest BCUT2D eigenvalue weighted by molar-refractivity contribution is 6.29. The maximum Gasteiger partial charge on any atom is 0.255 e. The summed E-state index contributed by atoms with van der Waals surface area (Å²) in [5.74, 6) is 0.712. The summed E-state index contributed by atoms with van der Waals surface area (Å²) in [6.07, 6.45) is 0. The number of hydrogen-bond acceptors (Lipinski definition) is 3. The van der Waals surface area contributed by atoms with Crippen molar-refractivity contribution in [3.63, 3.8) is 0 Å². The molecular weight excluding hydrogens is 204 g/mol. The predicted octanol–water partition coefficient (Wildman–Crippen LogP) is 1.01. The van der Waals surface area contributed by atoms with E-state index in [9.17, 15) is 4.79 Å². The molecule has 1 aromatic heterocycles. The van der Waals surface area contributed by atoms with Crippen molar-refractivity contribution in [1.82, 2.24) is 9.55 Å². The molecule has 0 aliphatic heterocycles. The van der Waals surface area contributed by atoms with Crippen LogP contribution in [-0.2, 0) is 6.54 Å². The van der Waals surface area contributed by atoms with Crippen LogP contribution in [0.4, 0.5) is 0 Å². The van der Waals surface area contributed by atoms with Crippen LogP contribution >= 0.6 is 11.6 Å². The quantitative estimate of drug-likeness (QED) is 0.768. The Balaban J connectivity index is 3.29. The van der Waals surface area contributed by atoms with Gasteiger partial charge in [0.25, 0.3) is 5.56 Å². The van der Waals surface area contributed by atoms with Crippen LogP contribution in [0, 0.1) is 0 Å². The molecule has 0 saturated carbocycles. The lowest BCUT2D eigenvalue weighted by molar-refractivity contribution is 0.270. The first-order valence-corrected chi connectivity index (χ1v) is 4.82. The van der Waals surface area contributed by atoms with Gasteiger partial charge in [-0.25, -0.2) is 4.98 Å². The van der Waals surface area contributed by atoms with Crippen LogP contribution in [0.2, 0.25) is 5.15 Å². The Labute approximate surface area is 87.2 Å². The molecule has 0 radical (unpaired) electrons. The summed E-state index contributed by atoms with van der Waals surface area (Å²) in [4.78, 5) is 15.6. The number of hydrogen-bond donors (Lipinski definition) is 1. The van der Waals surface area contributed by atoms with Crippen LogP contribution in [0.25, 0.3) is 0 Å². The highest BCUT2D eigenvalue weighted by Gasteiger charge is 2.10. The maximum atomic E-state index is 11.5. The minimum Gasteiger partial charge on any atom is -0.395 e. The van der Waals surface area contributed by atoms with Gasteiger partial charge in [0.15, 0.2) is 0 Å². The van der Waals surface area contributed by atoms with E-state index in [2.05, 4.69) is 4.98 Å². The van der Waals surface area contributed by atoms with Crippen LogP contribution < -0.4 is 5.56 Å². The third-order valence-corrected chi connectivity index (χ3v) is 2.04. The molecule has 1 N–H and O–H groups in total. The van der Waals surface area contributed by atoms with E-state index in [1.807, 2.05) is 13.8 Å². The summed E-state index contributed by atoms with van der Waals surface area (Å²) in [6.45, 7) is 4.03. The van der Waals surface area contributed by atoms with Crippen molar-refractivity contribution < 1.29 is 5.11 Å². The summed E-state index contributed by atoms with van der Waals surface area (Å²) in [6, 6.07) is 1.25. The second kappa shape index (κ2) is 4.57. The van der Waals surface area contributed by atoms with Gasteiger partial charge in [-0.3, -0.25) is 9.36 Å². The molecule has 0 saturated heterocycles. The molecule has 0 atom stereocenters. The molecule has 5 heteroatoms. The number of aliphatic hydroxyl groups is 1. The molecule has 4 nitrogen and oxygen atoms in total. The second-order valence-electron chi connectivity index (χ2n) is 3.31. The van der Waals surface area contributed by atoms with Crippen molar-refractivity contribution in [2.45, 2.75) is 26.3 Å². The molecule has 0 aromatic carbocycles. The highest BCUT2D eigenvalue weighted by Crippen LogP contribution is 2.12. The summed E-state index contributed by atoms with van der Waals surface area (Å²) in [5, 5.41) is 9.00. The number of aromatic nitrogens is 2. The summed E-state index contributed by atoms with van der Waals surface area (Å²) in [5.41, 5.74) is -0.220. The van der Waals surface area contributed by atoms with Crippen molar-refractivity contribution in [2.24, 2.45) is 0 Å². The molecule has 78 valence electrons. The van der Waals surface area contributed by atoms with E-state index in [0.717, 1.165) is 0 Å². The van der Waals surface area contributed by atoms with E-state index in [4.69, 9.17) is 16.7 Å². The molecule has 1 rings (SSSR count). The molecule has 1 aromatic rings. The Kier molecular flexibility index (Phi) is 3.66. The van der Waals surface area contributed by atoms with Gasteiger partial charge in [-0.05, 0) is 0 Å². The first kappa shape index (κ1) is 11.2. The fourth-order valence-corrected chi connectivity index (χ4v) is 1.44. The minimum atomic E-state index is -0.220. The molecule has 0 fully saturated rings. The van der Waals surface area contributed by atoms with Gasteiger partial charge in [0, 0.05) is 12.0 Å². The van der Waals surface area contributed by atoms with E-state index in [1.165, 1.54) is 10.6 Å². The van der Waals surface area contributed by atoms with Crippen LogP contribution in [0.15, 0.2) is 10.9 Å². The van der Waals surface area contributed by atoms with E-state index in [1.54, 1.807) is 0 Å². The standard InChI is InChI=1S/C9H13ClN2O2/c1-6(2)9-11-7(10)5-8(14)12(9)3-4-13/h5-6,13H,3-4H2,1-2H3. The van der Waals surface area contributed by atoms with Crippen molar-refractivity contribution in [1.29, 1.82) is 0 Å². The molecule has 0 bridgehead atoms. The van der Waals surface area contributed by atoms with E-state index < -0.39 is 0 Å². The molecule has 0 aliphatic carbocycles. The summed E-state index contributed by atoms with van der Waals surface area (Å²) < 4.78 is 1.44. The minimum absolute atomic E-state index is 0.0804. The largest absolute Gasteiger partial charge is 0.395 e. The van der Waals surface area contributed by atoms with Gasteiger partial charge >= 0.3 is 0 Å². The third kappa shape index (κ3) is 2.33. The zero-order valence-corrected chi connectivity index (χ0v) is 8.95. The molecule has 0 aliphatic rings. The fourth-order valence-electron chi connectivity index (χ4n) is 1.26. The van der Waals surface area contributed by atoms with Gasteiger partial charge in [0.2, 0.25) is 0 Å². The predicted molar refractivity (Wildman–Crippen MR) is 54.7 cm³/mol. The molecule has 0 unspecified atom stereocenters. The van der Waals surface area contributed by atoms with Gasteiger partial charge in [-0.15, -0.1) is 0 Å². The molecule has 14 heavy (non-hydrogen) atoms. The second-order valence-corrected chi connectivity index (χ2v) is 3.69. The topological polar surface area (TPSA) is 55.1 Å². The average molecular weight is 217 g/mol. The van der Waals surface area contributed by atoms with Crippen LogP contribution in [0.5, 0.6) is 0 Å². The average Bonchev–Trinajstić information content (AvgIpc) is 2.09. The van der Waals surface area contributed by atoms with Crippen molar-refractivity contribution >= 4 is 11.6 Å². The Morgan fingerprint density at radius 3 is 2.79 bits per heavy atom. The Hall–Kier alpha value is -0.870. The molecular formula is C9H13ClN2O2. The lowest BCUT2D eigenvalue weighted by Crippen LogP contribution is -2.26. The molecule has 1 heterocycles. The normalized spacial score (nSPS) is 10.9. The Morgan fingerprint density at radius 2 is 2.29 bits per heavy atom.